The zero-order chi connectivity index (χ0) is 32.3. The molecule has 2 aromatic carbocycles. The Morgan fingerprint density at radius 2 is 1.40 bits per heavy atom. The highest BCUT2D eigenvalue weighted by atomic mass is 16.2. The van der Waals surface area contributed by atoms with Gasteiger partial charge >= 0.3 is 0 Å². The van der Waals surface area contributed by atoms with E-state index in [0.717, 1.165) is 51.8 Å². The van der Waals surface area contributed by atoms with Gasteiger partial charge in [0.2, 0.25) is 5.91 Å². The van der Waals surface area contributed by atoms with Crippen LogP contribution < -0.4 is 4.90 Å². The lowest BCUT2D eigenvalue weighted by atomic mass is 9.92. The van der Waals surface area contributed by atoms with Gasteiger partial charge in [-0.2, -0.15) is 0 Å². The first-order valence-corrected chi connectivity index (χ1v) is 17.6. The lowest BCUT2D eigenvalue weighted by Crippen LogP contribution is -2.32. The van der Waals surface area contributed by atoms with Crippen molar-refractivity contribution in [2.75, 3.05) is 4.90 Å². The molecule has 2 unspecified atom stereocenters. The highest BCUT2D eigenvalue weighted by Crippen LogP contribution is 2.42. The lowest BCUT2D eigenvalue weighted by molar-refractivity contribution is -0.118. The molecule has 0 bridgehead atoms. The summed E-state index contributed by atoms with van der Waals surface area (Å²) in [6.45, 7) is 3.79. The van der Waals surface area contributed by atoms with E-state index in [1.807, 2.05) is 83.9 Å². The summed E-state index contributed by atoms with van der Waals surface area (Å²) in [5, 5.41) is 9.70. The number of rotatable bonds is 4. The third-order valence-corrected chi connectivity index (χ3v) is 9.75. The smallest absolute Gasteiger partial charge is 0.231 e. The number of fused-ring (bicyclic) bond motifs is 5. The monoisotopic (exact) mass is 624 g/mol. The Kier molecular flexibility index (Phi) is 11.3. The standard InChI is InChI=1S/C42H48N4O/c1-33-20-11-9-10-14-24-35(25-19-21-33)31-46-42-37-27-16-15-26-36(37)32-45(39-29-18-17-28-38(39)41(42)43-44-46)40(47)30-34-22-12-7-5-3-2-4-6-8-13-23-34/h2-8,12-13,15-18,22-23,26-29,33,35H,9-11,14,19-21,24-25,30-32H2,1H3/b3-2-,4-2?,5-3?,6-4-,7-5-,8-6?,12-7?,13-8-,22-12?,23-13?,34-22?,34-23?. The van der Waals surface area contributed by atoms with Crippen molar-refractivity contribution in [2.24, 2.45) is 11.8 Å². The third-order valence-electron chi connectivity index (χ3n) is 9.75. The normalized spacial score (nSPS) is 23.1. The molecule has 1 amide bonds. The fourth-order valence-electron chi connectivity index (χ4n) is 7.17. The topological polar surface area (TPSA) is 51.0 Å². The molecule has 2 heterocycles. The number of anilines is 1. The number of allylic oxidation sites excluding steroid dienone is 11. The summed E-state index contributed by atoms with van der Waals surface area (Å²) in [6.07, 6.45) is 34.0. The van der Waals surface area contributed by atoms with Gasteiger partial charge in [0, 0.05) is 17.7 Å². The highest BCUT2D eigenvalue weighted by Gasteiger charge is 2.29. The summed E-state index contributed by atoms with van der Waals surface area (Å²) in [5.74, 6) is 1.45. The molecule has 47 heavy (non-hydrogen) atoms. The number of hydrogen-bond acceptors (Lipinski definition) is 3. The van der Waals surface area contributed by atoms with Crippen molar-refractivity contribution in [2.45, 2.75) is 84.2 Å². The number of benzene rings is 2. The number of aromatic nitrogens is 3. The Hall–Kier alpha value is -4.51. The molecule has 0 radical (unpaired) electrons. The van der Waals surface area contributed by atoms with Gasteiger partial charge in [0.15, 0.2) is 0 Å². The molecule has 0 spiro atoms. The Morgan fingerprint density at radius 3 is 2.23 bits per heavy atom. The predicted molar refractivity (Wildman–Crippen MR) is 195 cm³/mol. The van der Waals surface area contributed by atoms with Gasteiger partial charge < -0.3 is 4.90 Å². The van der Waals surface area contributed by atoms with Crippen LogP contribution >= 0.6 is 0 Å². The van der Waals surface area contributed by atoms with E-state index in [1.54, 1.807) is 0 Å². The molecule has 2 atom stereocenters. The van der Waals surface area contributed by atoms with Crippen LogP contribution in [0.5, 0.6) is 0 Å². The van der Waals surface area contributed by atoms with Crippen LogP contribution in [0.2, 0.25) is 0 Å². The summed E-state index contributed by atoms with van der Waals surface area (Å²) in [5.41, 5.74) is 6.94. The summed E-state index contributed by atoms with van der Waals surface area (Å²) in [7, 11) is 0. The van der Waals surface area contributed by atoms with Gasteiger partial charge in [0.25, 0.3) is 0 Å². The minimum absolute atomic E-state index is 0.0468. The Labute approximate surface area is 280 Å². The summed E-state index contributed by atoms with van der Waals surface area (Å²) in [4.78, 5) is 16.2. The minimum Gasteiger partial charge on any atom is -0.307 e. The maximum atomic E-state index is 14.3. The highest BCUT2D eigenvalue weighted by molar-refractivity contribution is 6.01. The second kappa shape index (κ2) is 16.4. The first kappa shape index (κ1) is 32.4. The van der Waals surface area contributed by atoms with E-state index in [1.165, 1.54) is 57.8 Å². The number of para-hydroxylation sites is 1. The molecule has 1 aromatic heterocycles. The van der Waals surface area contributed by atoms with Crippen molar-refractivity contribution in [1.82, 2.24) is 15.0 Å². The molecular weight excluding hydrogens is 576 g/mol. The van der Waals surface area contributed by atoms with Gasteiger partial charge in [-0.1, -0.05) is 166 Å². The second-order valence-electron chi connectivity index (χ2n) is 13.3. The van der Waals surface area contributed by atoms with Crippen LogP contribution in [0.15, 0.2) is 121 Å². The number of hydrogen-bond donors (Lipinski definition) is 0. The minimum atomic E-state index is 0.0468. The molecule has 6 rings (SSSR count). The van der Waals surface area contributed by atoms with Crippen molar-refractivity contribution in [3.05, 3.63) is 127 Å². The molecule has 2 aliphatic carbocycles. The van der Waals surface area contributed by atoms with Crippen LogP contribution in [0, 0.1) is 11.8 Å². The van der Waals surface area contributed by atoms with E-state index in [0.29, 0.717) is 12.5 Å². The van der Waals surface area contributed by atoms with E-state index in [4.69, 9.17) is 10.3 Å². The summed E-state index contributed by atoms with van der Waals surface area (Å²) >= 11 is 0. The van der Waals surface area contributed by atoms with Gasteiger partial charge in [-0.25, -0.2) is 4.68 Å². The number of carbonyl (C=O) groups is 1. The molecule has 1 saturated carbocycles. The molecular formula is C42H48N4O. The average molecular weight is 625 g/mol. The van der Waals surface area contributed by atoms with Crippen LogP contribution in [-0.4, -0.2) is 20.9 Å². The summed E-state index contributed by atoms with van der Waals surface area (Å²) < 4.78 is 2.18. The fraction of sp³-hybridized carbons (Fsp3) is 0.357. The third kappa shape index (κ3) is 8.45. The van der Waals surface area contributed by atoms with E-state index in [2.05, 4.69) is 48.0 Å². The van der Waals surface area contributed by atoms with Gasteiger partial charge in [0.1, 0.15) is 5.69 Å². The predicted octanol–water partition coefficient (Wildman–Crippen LogP) is 10.3. The fourth-order valence-corrected chi connectivity index (χ4v) is 7.17. The molecule has 3 aromatic rings. The van der Waals surface area contributed by atoms with E-state index in [-0.39, 0.29) is 12.3 Å². The SMILES string of the molecule is CC1CCCCCCC(Cn2nnc3c2-c2ccccc2CN(C(=O)CC2=C\C=C/C=C\C=C/C=C\C=C2)c2ccccc2-3)CCC1. The van der Waals surface area contributed by atoms with Crippen LogP contribution in [0.3, 0.4) is 0 Å². The zero-order valence-electron chi connectivity index (χ0n) is 27.8. The molecule has 0 N–H and O–H groups in total. The van der Waals surface area contributed by atoms with Crippen molar-refractivity contribution in [3.8, 4) is 22.5 Å². The van der Waals surface area contributed by atoms with E-state index >= 15 is 0 Å². The number of amides is 1. The maximum absolute atomic E-state index is 14.3. The number of carbonyl (C=O) groups excluding carboxylic acids is 1. The van der Waals surface area contributed by atoms with E-state index < -0.39 is 0 Å². The Bertz CT molecular complexity index is 1700. The quantitative estimate of drug-likeness (QED) is 0.290. The van der Waals surface area contributed by atoms with Crippen molar-refractivity contribution in [3.63, 3.8) is 0 Å². The first-order valence-electron chi connectivity index (χ1n) is 17.6. The first-order chi connectivity index (χ1) is 23.2. The van der Waals surface area contributed by atoms with Crippen molar-refractivity contribution >= 4 is 11.6 Å². The zero-order valence-corrected chi connectivity index (χ0v) is 27.8. The van der Waals surface area contributed by atoms with Crippen LogP contribution in [0.1, 0.15) is 76.7 Å². The van der Waals surface area contributed by atoms with Crippen LogP contribution in [0.4, 0.5) is 5.69 Å². The second-order valence-corrected chi connectivity index (χ2v) is 13.3. The lowest BCUT2D eigenvalue weighted by Gasteiger charge is -2.29. The molecule has 0 saturated heterocycles. The van der Waals surface area contributed by atoms with Gasteiger partial charge in [-0.05, 0) is 41.9 Å². The van der Waals surface area contributed by atoms with Crippen molar-refractivity contribution in [1.29, 1.82) is 0 Å². The Morgan fingerprint density at radius 1 is 0.745 bits per heavy atom. The molecule has 1 aliphatic heterocycles. The largest absolute Gasteiger partial charge is 0.307 e. The van der Waals surface area contributed by atoms with Crippen molar-refractivity contribution < 1.29 is 4.79 Å². The van der Waals surface area contributed by atoms with E-state index in [9.17, 15) is 4.79 Å². The van der Waals surface area contributed by atoms with Gasteiger partial charge in [-0.3, -0.25) is 4.79 Å². The van der Waals surface area contributed by atoms with Gasteiger partial charge in [0.05, 0.1) is 24.3 Å². The molecule has 1 fully saturated rings. The number of nitrogens with zero attached hydrogens (tertiary/aromatic N) is 4. The summed E-state index contributed by atoms with van der Waals surface area (Å²) in [6, 6.07) is 16.7. The molecule has 5 heteroatoms. The molecule has 242 valence electrons. The van der Waals surface area contributed by atoms with Crippen LogP contribution in [0.25, 0.3) is 22.5 Å². The Balaban J connectivity index is 1.33. The molecule has 3 aliphatic rings. The molecule has 5 nitrogen and oxygen atoms in total. The maximum Gasteiger partial charge on any atom is 0.231 e. The van der Waals surface area contributed by atoms with Crippen LogP contribution in [-0.2, 0) is 17.9 Å². The average Bonchev–Trinajstić information content (AvgIpc) is 3.46. The van der Waals surface area contributed by atoms with Gasteiger partial charge in [-0.15, -0.1) is 5.10 Å².